The molecule has 3 N–H and O–H groups in total. The Balaban J connectivity index is 1.70. The number of allylic oxidation sites excluding steroid dienone is 1. The van der Waals surface area contributed by atoms with E-state index in [0.29, 0.717) is 38.7 Å². The van der Waals surface area contributed by atoms with Gasteiger partial charge < -0.3 is 24.8 Å². The normalized spacial score (nSPS) is 24.7. The van der Waals surface area contributed by atoms with Crippen molar-refractivity contribution >= 4 is 5.97 Å². The van der Waals surface area contributed by atoms with Crippen LogP contribution in [0.15, 0.2) is 42.5 Å². The van der Waals surface area contributed by atoms with Gasteiger partial charge in [0.2, 0.25) is 0 Å². The van der Waals surface area contributed by atoms with Gasteiger partial charge in [0, 0.05) is 0 Å². The lowest BCUT2D eigenvalue weighted by Gasteiger charge is -2.23. The van der Waals surface area contributed by atoms with Gasteiger partial charge in [0.15, 0.2) is 0 Å². The summed E-state index contributed by atoms with van der Waals surface area (Å²) in [6, 6.07) is 10.1. The van der Waals surface area contributed by atoms with E-state index in [9.17, 15) is 20.1 Å². The molecule has 1 aromatic rings. The molecule has 0 heterocycles. The van der Waals surface area contributed by atoms with Crippen molar-refractivity contribution in [3.05, 3.63) is 48.0 Å². The van der Waals surface area contributed by atoms with E-state index in [0.717, 1.165) is 6.42 Å². The average Bonchev–Trinajstić information content (AvgIpc) is 3.00. The molecule has 1 aliphatic rings. The Morgan fingerprint density at radius 2 is 1.81 bits per heavy atom. The number of esters is 1. The van der Waals surface area contributed by atoms with E-state index in [4.69, 9.17) is 9.47 Å². The molecule has 31 heavy (non-hydrogen) atoms. The minimum absolute atomic E-state index is 0.0343. The minimum Gasteiger partial charge on any atom is -0.461 e. The van der Waals surface area contributed by atoms with Crippen molar-refractivity contribution in [2.75, 3.05) is 13.2 Å². The first-order valence-electron chi connectivity index (χ1n) is 11.4. The summed E-state index contributed by atoms with van der Waals surface area (Å²) in [4.78, 5) is 11.4. The summed E-state index contributed by atoms with van der Waals surface area (Å²) in [6.45, 7) is 3.79. The molecule has 6 heteroatoms. The molecular formula is C25H38O6. The van der Waals surface area contributed by atoms with Crippen molar-refractivity contribution in [1.29, 1.82) is 0 Å². The number of rotatable bonds is 13. The van der Waals surface area contributed by atoms with Crippen LogP contribution in [0.2, 0.25) is 0 Å². The summed E-state index contributed by atoms with van der Waals surface area (Å²) >= 11 is 0. The van der Waals surface area contributed by atoms with Gasteiger partial charge in [-0.15, -0.1) is 0 Å². The third-order valence-electron chi connectivity index (χ3n) is 5.84. The van der Waals surface area contributed by atoms with Crippen molar-refractivity contribution in [3.8, 4) is 0 Å². The lowest BCUT2D eigenvalue weighted by Crippen LogP contribution is -2.23. The highest BCUT2D eigenvalue weighted by atomic mass is 16.6. The van der Waals surface area contributed by atoms with Crippen molar-refractivity contribution in [2.24, 2.45) is 11.8 Å². The van der Waals surface area contributed by atoms with Crippen LogP contribution in [0.5, 0.6) is 0 Å². The van der Waals surface area contributed by atoms with E-state index in [1.165, 1.54) is 5.56 Å². The molecule has 0 aliphatic heterocycles. The predicted molar refractivity (Wildman–Crippen MR) is 119 cm³/mol. The fourth-order valence-electron chi connectivity index (χ4n) is 4.24. The Morgan fingerprint density at radius 1 is 1.10 bits per heavy atom. The first-order valence-corrected chi connectivity index (χ1v) is 11.4. The highest BCUT2D eigenvalue weighted by Gasteiger charge is 2.40. The average molecular weight is 435 g/mol. The number of aliphatic hydroxyl groups excluding tert-OH is 3. The maximum absolute atomic E-state index is 11.4. The smallest absolute Gasteiger partial charge is 0.332 e. The highest BCUT2D eigenvalue weighted by molar-refractivity contribution is 5.70. The molecule has 1 aromatic carbocycles. The van der Waals surface area contributed by atoms with Crippen molar-refractivity contribution < 1.29 is 29.6 Å². The first kappa shape index (κ1) is 25.5. The molecular weight excluding hydrogens is 396 g/mol. The van der Waals surface area contributed by atoms with Crippen molar-refractivity contribution in [3.63, 3.8) is 0 Å². The van der Waals surface area contributed by atoms with Crippen LogP contribution in [0.4, 0.5) is 0 Å². The molecule has 0 aromatic heterocycles. The van der Waals surface area contributed by atoms with Crippen LogP contribution in [0.1, 0.15) is 51.5 Å². The number of aryl methyl sites for hydroxylation is 1. The largest absolute Gasteiger partial charge is 0.461 e. The molecule has 2 unspecified atom stereocenters. The Morgan fingerprint density at radius 3 is 2.52 bits per heavy atom. The summed E-state index contributed by atoms with van der Waals surface area (Å²) in [6.07, 6.45) is 5.91. The summed E-state index contributed by atoms with van der Waals surface area (Å²) in [7, 11) is 0. The summed E-state index contributed by atoms with van der Waals surface area (Å²) in [5.74, 6) is -0.463. The van der Waals surface area contributed by atoms with Gasteiger partial charge >= 0.3 is 5.97 Å². The zero-order valence-electron chi connectivity index (χ0n) is 18.7. The lowest BCUT2D eigenvalue weighted by molar-refractivity contribution is -0.152. The van der Waals surface area contributed by atoms with Crippen LogP contribution < -0.4 is 0 Å². The minimum atomic E-state index is -0.548. The zero-order valence-corrected chi connectivity index (χ0v) is 18.7. The molecule has 6 nitrogen and oxygen atoms in total. The van der Waals surface area contributed by atoms with E-state index in [1.807, 2.05) is 30.4 Å². The maximum Gasteiger partial charge on any atom is 0.332 e. The van der Waals surface area contributed by atoms with Gasteiger partial charge in [-0.2, -0.15) is 0 Å². The fraction of sp³-hybridized carbons (Fsp3) is 0.640. The van der Waals surface area contributed by atoms with Crippen LogP contribution >= 0.6 is 0 Å². The summed E-state index contributed by atoms with van der Waals surface area (Å²) in [5, 5.41) is 31.1. The van der Waals surface area contributed by atoms with E-state index in [2.05, 4.69) is 12.1 Å². The van der Waals surface area contributed by atoms with Gasteiger partial charge in [0.05, 0.1) is 31.0 Å². The van der Waals surface area contributed by atoms with Crippen LogP contribution in [0, 0.1) is 11.8 Å². The van der Waals surface area contributed by atoms with E-state index in [-0.39, 0.29) is 30.5 Å². The van der Waals surface area contributed by atoms with Gasteiger partial charge in [-0.1, -0.05) is 42.5 Å². The number of benzene rings is 1. The van der Waals surface area contributed by atoms with Crippen LogP contribution in [0.3, 0.4) is 0 Å². The third-order valence-corrected chi connectivity index (χ3v) is 5.84. The second-order valence-electron chi connectivity index (χ2n) is 8.71. The molecule has 0 radical (unpaired) electrons. The van der Waals surface area contributed by atoms with Gasteiger partial charge in [-0.05, 0) is 69.8 Å². The molecule has 0 bridgehead atoms. The number of carbonyl (C=O) groups excluding carboxylic acids is 1. The van der Waals surface area contributed by atoms with E-state index >= 15 is 0 Å². The number of hydrogen-bond acceptors (Lipinski definition) is 6. The van der Waals surface area contributed by atoms with Gasteiger partial charge in [0.25, 0.3) is 0 Å². The van der Waals surface area contributed by atoms with Crippen LogP contribution in [0.25, 0.3) is 0 Å². The van der Waals surface area contributed by atoms with Crippen molar-refractivity contribution in [1.82, 2.24) is 0 Å². The van der Waals surface area contributed by atoms with Gasteiger partial charge in [-0.3, -0.25) is 0 Å². The summed E-state index contributed by atoms with van der Waals surface area (Å²) in [5.41, 5.74) is 1.21. The quantitative estimate of drug-likeness (QED) is 0.251. The van der Waals surface area contributed by atoms with E-state index in [1.54, 1.807) is 13.8 Å². The lowest BCUT2D eigenvalue weighted by atomic mass is 9.85. The maximum atomic E-state index is 11.4. The van der Waals surface area contributed by atoms with Crippen LogP contribution in [-0.4, -0.2) is 58.9 Å². The molecule has 2 rings (SSSR count). The zero-order chi connectivity index (χ0) is 22.6. The molecule has 5 atom stereocenters. The molecule has 0 amide bonds. The second-order valence-corrected chi connectivity index (χ2v) is 8.71. The molecule has 1 saturated carbocycles. The van der Waals surface area contributed by atoms with Gasteiger partial charge in [-0.25, -0.2) is 4.79 Å². The molecule has 0 spiro atoms. The van der Waals surface area contributed by atoms with E-state index < -0.39 is 18.3 Å². The molecule has 1 aliphatic carbocycles. The topological polar surface area (TPSA) is 96.2 Å². The third kappa shape index (κ3) is 9.52. The monoisotopic (exact) mass is 434 g/mol. The number of ether oxygens (including phenoxy) is 2. The SMILES string of the molecule is CC(C)OC(=O)COC/C=C\CC1C(CC[C@H](O)CCc2ccccc2)[C@@H](O)C[C@H]1O. The number of hydrogen-bond donors (Lipinski definition) is 3. The molecule has 1 fully saturated rings. The fourth-order valence-corrected chi connectivity index (χ4v) is 4.24. The molecule has 174 valence electrons. The van der Waals surface area contributed by atoms with Crippen LogP contribution in [-0.2, 0) is 20.7 Å². The Bertz CT molecular complexity index is 659. The highest BCUT2D eigenvalue weighted by Crippen LogP contribution is 2.38. The standard InChI is InChI=1S/C25H38O6/c1-18(2)31-25(29)17-30-15-7-6-10-21-22(24(28)16-23(21)27)14-13-20(26)12-11-19-8-4-3-5-9-19/h3-9,18,20-24,26-28H,10-17H2,1-2H3/b7-6-/t20-,21?,22?,23-,24+/m1/s1. The summed E-state index contributed by atoms with van der Waals surface area (Å²) < 4.78 is 10.3. The molecule has 0 saturated heterocycles. The Hall–Kier alpha value is -1.73. The number of carbonyl (C=O) groups is 1. The number of aliphatic hydroxyl groups is 3. The Labute approximate surface area is 185 Å². The Kier molecular flexibility index (Phi) is 11.2. The first-order chi connectivity index (χ1) is 14.9. The second kappa shape index (κ2) is 13.6. The van der Waals surface area contributed by atoms with Crippen molar-refractivity contribution in [2.45, 2.75) is 76.8 Å². The van der Waals surface area contributed by atoms with Gasteiger partial charge in [0.1, 0.15) is 6.61 Å². The predicted octanol–water partition coefficient (Wildman–Crippen LogP) is 3.03.